The van der Waals surface area contributed by atoms with Crippen LogP contribution in [0, 0.1) is 5.82 Å². The summed E-state index contributed by atoms with van der Waals surface area (Å²) in [6.07, 6.45) is 6.05. The van der Waals surface area contributed by atoms with Crippen LogP contribution in [0.25, 0.3) is 0 Å². The van der Waals surface area contributed by atoms with Crippen LogP contribution in [-0.2, 0) is 16.0 Å². The monoisotopic (exact) mass is 421 g/mol. The summed E-state index contributed by atoms with van der Waals surface area (Å²) in [5, 5.41) is 3.36. The van der Waals surface area contributed by atoms with Crippen molar-refractivity contribution in [2.75, 3.05) is 39.5 Å². The SMILES string of the molecule is CCNC(=NCc1ccc(OCC)c(F)c1)N1CCC(OCC2CCCCO2)CC1. The highest BCUT2D eigenvalue weighted by Crippen LogP contribution is 2.20. The largest absolute Gasteiger partial charge is 0.491 e. The number of hydrogen-bond acceptors (Lipinski definition) is 4. The first kappa shape index (κ1) is 22.8. The Morgan fingerprint density at radius 3 is 2.73 bits per heavy atom. The van der Waals surface area contributed by atoms with E-state index < -0.39 is 0 Å². The van der Waals surface area contributed by atoms with Crippen molar-refractivity contribution in [3.05, 3.63) is 29.6 Å². The van der Waals surface area contributed by atoms with Gasteiger partial charge in [-0.05, 0) is 63.6 Å². The molecule has 1 unspecified atom stereocenters. The van der Waals surface area contributed by atoms with Gasteiger partial charge in [-0.25, -0.2) is 9.38 Å². The smallest absolute Gasteiger partial charge is 0.194 e. The Morgan fingerprint density at radius 1 is 1.23 bits per heavy atom. The Balaban J connectivity index is 1.49. The summed E-state index contributed by atoms with van der Waals surface area (Å²) in [5.74, 6) is 0.827. The van der Waals surface area contributed by atoms with Gasteiger partial charge in [0, 0.05) is 26.2 Å². The number of ether oxygens (including phenoxy) is 3. The number of nitrogens with zero attached hydrogens (tertiary/aromatic N) is 2. The molecule has 0 radical (unpaired) electrons. The summed E-state index contributed by atoms with van der Waals surface area (Å²) >= 11 is 0. The van der Waals surface area contributed by atoms with E-state index in [1.807, 2.05) is 13.0 Å². The van der Waals surface area contributed by atoms with Crippen molar-refractivity contribution in [2.45, 2.75) is 64.7 Å². The number of nitrogens with one attached hydrogen (secondary N) is 1. The van der Waals surface area contributed by atoms with Crippen molar-refractivity contribution >= 4 is 5.96 Å². The third kappa shape index (κ3) is 6.84. The number of benzene rings is 1. The van der Waals surface area contributed by atoms with Crippen LogP contribution in [0.15, 0.2) is 23.2 Å². The molecule has 0 spiro atoms. The van der Waals surface area contributed by atoms with E-state index in [0.29, 0.717) is 19.8 Å². The topological polar surface area (TPSA) is 55.3 Å². The molecule has 1 aromatic carbocycles. The molecular formula is C23H36FN3O3. The highest BCUT2D eigenvalue weighted by Gasteiger charge is 2.23. The van der Waals surface area contributed by atoms with E-state index in [2.05, 4.69) is 17.1 Å². The number of rotatable bonds is 8. The molecule has 2 aliphatic heterocycles. The number of halogens is 1. The molecule has 0 saturated carbocycles. The van der Waals surface area contributed by atoms with Crippen molar-refractivity contribution in [3.63, 3.8) is 0 Å². The zero-order chi connectivity index (χ0) is 21.2. The minimum absolute atomic E-state index is 0.269. The molecule has 1 aromatic rings. The zero-order valence-corrected chi connectivity index (χ0v) is 18.4. The summed E-state index contributed by atoms with van der Waals surface area (Å²) in [6, 6.07) is 5.05. The van der Waals surface area contributed by atoms with E-state index >= 15 is 0 Å². The minimum atomic E-state index is -0.338. The third-order valence-electron chi connectivity index (χ3n) is 5.58. The molecule has 3 rings (SSSR count). The maximum Gasteiger partial charge on any atom is 0.194 e. The Morgan fingerprint density at radius 2 is 2.07 bits per heavy atom. The predicted molar refractivity (Wildman–Crippen MR) is 117 cm³/mol. The van der Waals surface area contributed by atoms with Gasteiger partial charge in [-0.15, -0.1) is 0 Å². The molecule has 1 N–H and O–H groups in total. The molecule has 30 heavy (non-hydrogen) atoms. The summed E-state index contributed by atoms with van der Waals surface area (Å²) in [4.78, 5) is 7.00. The Kier molecular flexibility index (Phi) is 9.21. The molecule has 2 fully saturated rings. The zero-order valence-electron chi connectivity index (χ0n) is 18.4. The fourth-order valence-electron chi connectivity index (χ4n) is 3.92. The standard InChI is InChI=1S/C23H36FN3O3/c1-3-25-23(26-16-18-8-9-22(28-4-2)21(24)15-18)27-12-10-19(11-13-27)30-17-20-7-5-6-14-29-20/h8-9,15,19-20H,3-7,10-14,16-17H2,1-2H3,(H,25,26). The normalized spacial score (nSPS) is 21.0. The lowest BCUT2D eigenvalue weighted by Gasteiger charge is -2.35. The molecule has 1 atom stereocenters. The van der Waals surface area contributed by atoms with Gasteiger partial charge in [0.15, 0.2) is 17.5 Å². The molecular weight excluding hydrogens is 385 g/mol. The second kappa shape index (κ2) is 12.1. The van der Waals surface area contributed by atoms with Gasteiger partial charge in [-0.1, -0.05) is 6.07 Å². The van der Waals surface area contributed by atoms with Crippen LogP contribution in [-0.4, -0.2) is 62.5 Å². The lowest BCUT2D eigenvalue weighted by molar-refractivity contribution is -0.0721. The molecule has 2 heterocycles. The average molecular weight is 422 g/mol. The van der Waals surface area contributed by atoms with Crippen molar-refractivity contribution in [1.29, 1.82) is 0 Å². The summed E-state index contributed by atoms with van der Waals surface area (Å²) in [5.41, 5.74) is 0.831. The molecule has 6 nitrogen and oxygen atoms in total. The number of aliphatic imine (C=N–C) groups is 1. The molecule has 0 bridgehead atoms. The van der Waals surface area contributed by atoms with Gasteiger partial charge in [-0.3, -0.25) is 0 Å². The molecule has 0 aromatic heterocycles. The van der Waals surface area contributed by atoms with Crippen LogP contribution in [0.4, 0.5) is 4.39 Å². The highest BCUT2D eigenvalue weighted by atomic mass is 19.1. The van der Waals surface area contributed by atoms with E-state index in [9.17, 15) is 4.39 Å². The van der Waals surface area contributed by atoms with Crippen molar-refractivity contribution in [3.8, 4) is 5.75 Å². The van der Waals surface area contributed by atoms with Gasteiger partial charge in [0.05, 0.1) is 32.0 Å². The number of piperidine rings is 1. The average Bonchev–Trinajstić information content (AvgIpc) is 2.78. The van der Waals surface area contributed by atoms with Gasteiger partial charge in [-0.2, -0.15) is 0 Å². The Labute approximate surface area is 179 Å². The second-order valence-electron chi connectivity index (χ2n) is 7.88. The lowest BCUT2D eigenvalue weighted by atomic mass is 10.1. The quantitative estimate of drug-likeness (QED) is 0.512. The molecule has 0 amide bonds. The summed E-state index contributed by atoms with van der Waals surface area (Å²) in [7, 11) is 0. The van der Waals surface area contributed by atoms with E-state index in [1.165, 1.54) is 18.9 Å². The highest BCUT2D eigenvalue weighted by molar-refractivity contribution is 5.80. The van der Waals surface area contributed by atoms with Crippen molar-refractivity contribution in [2.24, 2.45) is 4.99 Å². The summed E-state index contributed by atoms with van der Waals surface area (Å²) in [6.45, 7) is 8.97. The first-order valence-electron chi connectivity index (χ1n) is 11.4. The first-order chi connectivity index (χ1) is 14.7. The predicted octanol–water partition coefficient (Wildman–Crippen LogP) is 3.74. The fraction of sp³-hybridized carbons (Fsp3) is 0.696. The minimum Gasteiger partial charge on any atom is -0.491 e. The maximum atomic E-state index is 14.1. The Hall–Kier alpha value is -1.86. The van der Waals surface area contributed by atoms with Crippen LogP contribution < -0.4 is 10.1 Å². The maximum absolute atomic E-state index is 14.1. The van der Waals surface area contributed by atoms with Crippen LogP contribution in [0.5, 0.6) is 5.75 Å². The van der Waals surface area contributed by atoms with E-state index in [0.717, 1.165) is 57.0 Å². The van der Waals surface area contributed by atoms with Crippen LogP contribution in [0.2, 0.25) is 0 Å². The number of guanidine groups is 1. The second-order valence-corrected chi connectivity index (χ2v) is 7.88. The molecule has 2 saturated heterocycles. The van der Waals surface area contributed by atoms with Crippen molar-refractivity contribution < 1.29 is 18.6 Å². The lowest BCUT2D eigenvalue weighted by Crippen LogP contribution is -2.47. The first-order valence-corrected chi connectivity index (χ1v) is 11.4. The van der Waals surface area contributed by atoms with Crippen molar-refractivity contribution in [1.82, 2.24) is 10.2 Å². The van der Waals surface area contributed by atoms with E-state index in [-0.39, 0.29) is 23.8 Å². The molecule has 2 aliphatic rings. The molecule has 168 valence electrons. The van der Waals surface area contributed by atoms with Crippen LogP contribution >= 0.6 is 0 Å². The van der Waals surface area contributed by atoms with Crippen LogP contribution in [0.3, 0.4) is 0 Å². The molecule has 7 heteroatoms. The number of hydrogen-bond donors (Lipinski definition) is 1. The van der Waals surface area contributed by atoms with Gasteiger partial charge in [0.1, 0.15) is 0 Å². The van der Waals surface area contributed by atoms with Gasteiger partial charge in [0.2, 0.25) is 0 Å². The third-order valence-corrected chi connectivity index (χ3v) is 5.58. The fourth-order valence-corrected chi connectivity index (χ4v) is 3.92. The van der Waals surface area contributed by atoms with Gasteiger partial charge < -0.3 is 24.4 Å². The Bertz CT molecular complexity index is 672. The van der Waals surface area contributed by atoms with Crippen LogP contribution in [0.1, 0.15) is 51.5 Å². The van der Waals surface area contributed by atoms with E-state index in [1.54, 1.807) is 6.07 Å². The van der Waals surface area contributed by atoms with Gasteiger partial charge >= 0.3 is 0 Å². The molecule has 0 aliphatic carbocycles. The summed E-state index contributed by atoms with van der Waals surface area (Å²) < 4.78 is 31.2. The van der Waals surface area contributed by atoms with E-state index in [4.69, 9.17) is 19.2 Å². The van der Waals surface area contributed by atoms with Gasteiger partial charge in [0.25, 0.3) is 0 Å². The number of likely N-dealkylation sites (tertiary alicyclic amines) is 1.